The average Bonchev–Trinajstić information content (AvgIpc) is 2.79. The van der Waals surface area contributed by atoms with Crippen molar-refractivity contribution >= 4 is 11.6 Å². The Morgan fingerprint density at radius 3 is 2.62 bits per heavy atom. The van der Waals surface area contributed by atoms with Crippen LogP contribution < -0.4 is 20.2 Å². The summed E-state index contributed by atoms with van der Waals surface area (Å²) in [7, 11) is 1.32. The van der Waals surface area contributed by atoms with Crippen molar-refractivity contribution in [2.75, 3.05) is 13.7 Å². The molecule has 34 heavy (non-hydrogen) atoms. The van der Waals surface area contributed by atoms with E-state index in [1.54, 1.807) is 12.1 Å². The van der Waals surface area contributed by atoms with E-state index in [4.69, 9.17) is 4.74 Å². The van der Waals surface area contributed by atoms with E-state index in [1.165, 1.54) is 44.4 Å². The topological polar surface area (TPSA) is 126 Å². The van der Waals surface area contributed by atoms with Gasteiger partial charge in [0.1, 0.15) is 5.69 Å². The highest BCUT2D eigenvalue weighted by Gasteiger charge is 2.20. The Morgan fingerprint density at radius 1 is 1.21 bits per heavy atom. The molecule has 0 spiro atoms. The fourth-order valence-corrected chi connectivity index (χ4v) is 3.21. The van der Waals surface area contributed by atoms with Crippen LogP contribution in [0.3, 0.4) is 0 Å². The summed E-state index contributed by atoms with van der Waals surface area (Å²) in [5.41, 5.74) is -0.355. The van der Waals surface area contributed by atoms with Crippen molar-refractivity contribution in [1.29, 1.82) is 0 Å². The molecule has 178 valence electrons. The SMILES string of the molecule is COc1ccc(CCNC(=O)c2nn(-c3ccccc3[N+](=O)[O-])c(C)cc2=O)cc1OC(F)F. The van der Waals surface area contributed by atoms with Gasteiger partial charge >= 0.3 is 6.61 Å². The van der Waals surface area contributed by atoms with E-state index in [9.17, 15) is 28.5 Å². The number of alkyl halides is 2. The van der Waals surface area contributed by atoms with Gasteiger partial charge in [0.15, 0.2) is 17.2 Å². The maximum absolute atomic E-state index is 12.6. The molecule has 0 atom stereocenters. The monoisotopic (exact) mass is 474 g/mol. The largest absolute Gasteiger partial charge is 0.493 e. The molecule has 0 aliphatic heterocycles. The zero-order valence-corrected chi connectivity index (χ0v) is 18.2. The standard InChI is InChI=1S/C22H20F2N4O6/c1-13-11-17(29)20(26-27(13)15-5-3-4-6-16(15)28(31)32)21(30)25-10-9-14-7-8-18(33-2)19(12-14)34-22(23)24/h3-8,11-12,22H,9-10H2,1-2H3,(H,25,30). The van der Waals surface area contributed by atoms with Crippen LogP contribution in [0, 0.1) is 17.0 Å². The molecule has 2 aromatic carbocycles. The van der Waals surface area contributed by atoms with E-state index in [2.05, 4.69) is 15.2 Å². The molecule has 0 saturated heterocycles. The highest BCUT2D eigenvalue weighted by Crippen LogP contribution is 2.29. The first-order chi connectivity index (χ1) is 16.2. The summed E-state index contributed by atoms with van der Waals surface area (Å²) in [5.74, 6) is -0.795. The molecular formula is C22H20F2N4O6. The Kier molecular flexibility index (Phi) is 7.51. The number of aromatic nitrogens is 2. The molecule has 0 aliphatic rings. The van der Waals surface area contributed by atoms with Gasteiger partial charge in [-0.15, -0.1) is 0 Å². The van der Waals surface area contributed by atoms with Gasteiger partial charge < -0.3 is 14.8 Å². The molecule has 3 rings (SSSR count). The van der Waals surface area contributed by atoms with E-state index in [-0.39, 0.29) is 35.8 Å². The number of benzene rings is 2. The van der Waals surface area contributed by atoms with Crippen molar-refractivity contribution < 1.29 is 28.0 Å². The summed E-state index contributed by atoms with van der Waals surface area (Å²) >= 11 is 0. The zero-order valence-electron chi connectivity index (χ0n) is 18.2. The predicted octanol–water partition coefficient (Wildman–Crippen LogP) is 3.03. The number of amides is 1. The van der Waals surface area contributed by atoms with Gasteiger partial charge in [0, 0.05) is 24.4 Å². The molecule has 1 N–H and O–H groups in total. The van der Waals surface area contributed by atoms with E-state index in [1.807, 2.05) is 0 Å². The minimum absolute atomic E-state index is 0.0553. The Balaban J connectivity index is 1.78. The Bertz CT molecular complexity index is 1280. The number of nitrogens with one attached hydrogen (secondary N) is 1. The molecule has 0 bridgehead atoms. The molecule has 10 nitrogen and oxygen atoms in total. The maximum atomic E-state index is 12.6. The van der Waals surface area contributed by atoms with Gasteiger partial charge in [0.05, 0.1) is 12.0 Å². The van der Waals surface area contributed by atoms with Crippen molar-refractivity contribution in [2.45, 2.75) is 20.0 Å². The van der Waals surface area contributed by atoms with Crippen molar-refractivity contribution in [3.63, 3.8) is 0 Å². The average molecular weight is 474 g/mol. The number of ether oxygens (including phenoxy) is 2. The lowest BCUT2D eigenvalue weighted by Gasteiger charge is -2.12. The van der Waals surface area contributed by atoms with E-state index >= 15 is 0 Å². The van der Waals surface area contributed by atoms with Crippen LogP contribution in [0.1, 0.15) is 21.7 Å². The van der Waals surface area contributed by atoms with Crippen LogP contribution in [0.2, 0.25) is 0 Å². The fourth-order valence-electron chi connectivity index (χ4n) is 3.21. The predicted molar refractivity (Wildman–Crippen MR) is 117 cm³/mol. The summed E-state index contributed by atoms with van der Waals surface area (Å²) in [5, 5.41) is 17.9. The molecule has 0 radical (unpaired) electrons. The Hall–Kier alpha value is -4.35. The maximum Gasteiger partial charge on any atom is 0.387 e. The Labute approximate surface area is 191 Å². The van der Waals surface area contributed by atoms with Crippen LogP contribution in [0.25, 0.3) is 5.69 Å². The van der Waals surface area contributed by atoms with Crippen molar-refractivity contribution in [1.82, 2.24) is 15.1 Å². The third-order valence-corrected chi connectivity index (χ3v) is 4.77. The third-order valence-electron chi connectivity index (χ3n) is 4.77. The summed E-state index contributed by atoms with van der Waals surface area (Å²) in [6.07, 6.45) is 0.236. The van der Waals surface area contributed by atoms with Gasteiger partial charge in [0.25, 0.3) is 11.6 Å². The van der Waals surface area contributed by atoms with Gasteiger partial charge in [-0.2, -0.15) is 13.9 Å². The summed E-state index contributed by atoms with van der Waals surface area (Å²) < 4.78 is 35.8. The molecular weight excluding hydrogens is 454 g/mol. The van der Waals surface area contributed by atoms with Gasteiger partial charge in [-0.3, -0.25) is 19.7 Å². The fraction of sp³-hybridized carbons (Fsp3) is 0.227. The number of hydrogen-bond acceptors (Lipinski definition) is 7. The molecule has 0 aliphatic carbocycles. The number of nitro groups is 1. The first-order valence-corrected chi connectivity index (χ1v) is 9.96. The number of nitro benzene ring substituents is 1. The van der Waals surface area contributed by atoms with Crippen molar-refractivity contribution in [2.24, 2.45) is 0 Å². The highest BCUT2D eigenvalue weighted by atomic mass is 19.3. The minimum Gasteiger partial charge on any atom is -0.493 e. The second kappa shape index (κ2) is 10.5. The smallest absolute Gasteiger partial charge is 0.387 e. The quantitative estimate of drug-likeness (QED) is 0.373. The Morgan fingerprint density at radius 2 is 1.94 bits per heavy atom. The number of nitrogens with zero attached hydrogens (tertiary/aromatic N) is 3. The lowest BCUT2D eigenvalue weighted by Crippen LogP contribution is -2.33. The van der Waals surface area contributed by atoms with Gasteiger partial charge in [-0.05, 0) is 37.1 Å². The van der Waals surface area contributed by atoms with Crippen LogP contribution in [0.5, 0.6) is 11.5 Å². The number of carbonyl (C=O) groups is 1. The summed E-state index contributed by atoms with van der Waals surface area (Å²) in [6.45, 7) is -1.44. The van der Waals surface area contributed by atoms with Crippen LogP contribution in [0.4, 0.5) is 14.5 Å². The molecule has 0 unspecified atom stereocenters. The first-order valence-electron chi connectivity index (χ1n) is 9.96. The van der Waals surface area contributed by atoms with Crippen LogP contribution >= 0.6 is 0 Å². The number of hydrogen-bond donors (Lipinski definition) is 1. The van der Waals surface area contributed by atoms with E-state index in [0.717, 1.165) is 10.7 Å². The molecule has 1 heterocycles. The third kappa shape index (κ3) is 5.52. The second-order valence-corrected chi connectivity index (χ2v) is 7.03. The molecule has 3 aromatic rings. The molecule has 1 amide bonds. The highest BCUT2D eigenvalue weighted by molar-refractivity contribution is 5.92. The van der Waals surface area contributed by atoms with Crippen LogP contribution in [0.15, 0.2) is 53.3 Å². The number of rotatable bonds is 9. The van der Waals surface area contributed by atoms with Gasteiger partial charge in [-0.1, -0.05) is 18.2 Å². The number of aryl methyl sites for hydroxylation is 1. The molecule has 0 fully saturated rings. The molecule has 1 aromatic heterocycles. The van der Waals surface area contributed by atoms with Gasteiger partial charge in [-0.25, -0.2) is 4.68 Å². The van der Waals surface area contributed by atoms with Gasteiger partial charge in [0.2, 0.25) is 5.43 Å². The number of methoxy groups -OCH3 is 1. The second-order valence-electron chi connectivity index (χ2n) is 7.03. The molecule has 12 heteroatoms. The normalized spacial score (nSPS) is 10.7. The lowest BCUT2D eigenvalue weighted by molar-refractivity contribution is -0.384. The summed E-state index contributed by atoms with van der Waals surface area (Å²) in [6, 6.07) is 11.4. The first kappa shape index (κ1) is 24.3. The number of halogens is 2. The van der Waals surface area contributed by atoms with Crippen molar-refractivity contribution in [3.8, 4) is 17.2 Å². The lowest BCUT2D eigenvalue weighted by atomic mass is 10.1. The minimum atomic E-state index is -3.03. The van der Waals surface area contributed by atoms with E-state index < -0.39 is 28.6 Å². The van der Waals surface area contributed by atoms with E-state index in [0.29, 0.717) is 11.3 Å². The number of para-hydroxylation sites is 2. The van der Waals surface area contributed by atoms with Crippen LogP contribution in [-0.2, 0) is 6.42 Å². The zero-order chi connectivity index (χ0) is 24.8. The van der Waals surface area contributed by atoms with Crippen LogP contribution in [-0.4, -0.2) is 40.9 Å². The number of carbonyl (C=O) groups excluding carboxylic acids is 1. The summed E-state index contributed by atoms with van der Waals surface area (Å²) in [4.78, 5) is 35.7. The van der Waals surface area contributed by atoms with Crippen molar-refractivity contribution in [3.05, 3.63) is 85.8 Å². The molecule has 0 saturated carbocycles.